The largest absolute Gasteiger partial charge is 0.462 e. The average molecular weight is 1160 g/mol. The molecule has 0 rings (SSSR count). The number of carbonyl (C=O) groups is 3. The molecule has 0 aromatic heterocycles. The number of esters is 3. The van der Waals surface area contributed by atoms with Gasteiger partial charge in [0.1, 0.15) is 13.2 Å². The third kappa shape index (κ3) is 68.9. The minimum Gasteiger partial charge on any atom is -0.462 e. The van der Waals surface area contributed by atoms with E-state index in [2.05, 4.69) is 32.9 Å². The molecule has 1 unspecified atom stereocenters. The molecule has 6 nitrogen and oxygen atoms in total. The molecule has 0 N–H and O–H groups in total. The summed E-state index contributed by atoms with van der Waals surface area (Å²) in [4.78, 5) is 38.4. The molecule has 0 aromatic carbocycles. The molecule has 0 aliphatic rings. The van der Waals surface area contributed by atoms with Crippen molar-refractivity contribution in [3.8, 4) is 0 Å². The lowest BCUT2D eigenvalue weighted by atomic mass is 10.0. The van der Waals surface area contributed by atoms with Crippen LogP contribution >= 0.6 is 0 Å². The maximum absolute atomic E-state index is 12.9. The molecule has 0 aromatic rings. The maximum Gasteiger partial charge on any atom is 0.306 e. The minimum atomic E-state index is -0.769. The van der Waals surface area contributed by atoms with Gasteiger partial charge >= 0.3 is 17.9 Å². The zero-order valence-corrected chi connectivity index (χ0v) is 56.1. The van der Waals surface area contributed by atoms with Gasteiger partial charge in [-0.1, -0.05) is 392 Å². The Kier molecular flexibility index (Phi) is 70.0. The highest BCUT2D eigenvalue weighted by molar-refractivity contribution is 5.71. The van der Waals surface area contributed by atoms with Crippen molar-refractivity contribution >= 4 is 17.9 Å². The number of unbranched alkanes of at least 4 members (excludes halogenated alkanes) is 58. The Morgan fingerprint density at radius 2 is 0.427 bits per heavy atom. The highest BCUT2D eigenvalue weighted by Gasteiger charge is 2.20. The molecule has 0 saturated heterocycles. The second kappa shape index (κ2) is 71.6. The number of allylic oxidation sites excluding steroid dienone is 2. The molecule has 0 heterocycles. The molecule has 0 aliphatic carbocycles. The molecule has 0 aliphatic heterocycles. The van der Waals surface area contributed by atoms with Crippen molar-refractivity contribution in [2.24, 2.45) is 0 Å². The van der Waals surface area contributed by atoms with Gasteiger partial charge in [0, 0.05) is 19.3 Å². The maximum atomic E-state index is 12.9. The number of rotatable bonds is 71. The van der Waals surface area contributed by atoms with Crippen molar-refractivity contribution in [3.63, 3.8) is 0 Å². The normalized spacial score (nSPS) is 12.0. The van der Waals surface area contributed by atoms with Crippen LogP contribution in [0.15, 0.2) is 12.2 Å². The Morgan fingerprint density at radius 1 is 0.232 bits per heavy atom. The quantitative estimate of drug-likeness (QED) is 0.0261. The van der Waals surface area contributed by atoms with E-state index in [0.29, 0.717) is 19.3 Å². The molecular weight excluding hydrogens is 1010 g/mol. The zero-order valence-electron chi connectivity index (χ0n) is 56.1. The van der Waals surface area contributed by atoms with E-state index in [4.69, 9.17) is 14.2 Å². The first-order valence-electron chi connectivity index (χ1n) is 37.7. The van der Waals surface area contributed by atoms with Gasteiger partial charge in [0.15, 0.2) is 6.10 Å². The van der Waals surface area contributed by atoms with Crippen LogP contribution in [0.3, 0.4) is 0 Å². The van der Waals surface area contributed by atoms with Gasteiger partial charge in [-0.05, 0) is 38.5 Å². The summed E-state index contributed by atoms with van der Waals surface area (Å²) < 4.78 is 17.0. The van der Waals surface area contributed by atoms with Crippen molar-refractivity contribution in [2.75, 3.05) is 13.2 Å². The van der Waals surface area contributed by atoms with Crippen LogP contribution in [0.25, 0.3) is 0 Å². The van der Waals surface area contributed by atoms with E-state index in [-0.39, 0.29) is 31.1 Å². The zero-order chi connectivity index (χ0) is 59.2. The Labute approximate surface area is 513 Å². The van der Waals surface area contributed by atoms with E-state index < -0.39 is 6.10 Å². The summed E-state index contributed by atoms with van der Waals surface area (Å²) in [6.45, 7) is 6.67. The number of carbonyl (C=O) groups excluding carboxylic acids is 3. The van der Waals surface area contributed by atoms with Gasteiger partial charge < -0.3 is 14.2 Å². The van der Waals surface area contributed by atoms with Crippen LogP contribution in [0.4, 0.5) is 0 Å². The standard InChI is InChI=1S/C76H146O6/c1-4-7-10-13-16-19-22-24-26-28-30-32-34-36-37-38-39-40-41-43-44-46-48-50-52-54-57-60-63-66-69-75(78)81-72-73(71-80-74(77)68-65-62-59-56-21-18-15-12-9-6-3)82-76(79)70-67-64-61-58-55-53-51-49-47-45-42-35-33-31-29-27-25-23-20-17-14-11-8-5-2/h12,15,73H,4-11,13-14,16-72H2,1-3H3/b15-12-. The number of hydrogen-bond acceptors (Lipinski definition) is 6. The first-order chi connectivity index (χ1) is 40.5. The van der Waals surface area contributed by atoms with E-state index in [9.17, 15) is 14.4 Å². The van der Waals surface area contributed by atoms with E-state index in [1.54, 1.807) is 0 Å². The Hall–Kier alpha value is -1.85. The summed E-state index contributed by atoms with van der Waals surface area (Å²) in [5.41, 5.74) is 0. The molecule has 0 saturated carbocycles. The van der Waals surface area contributed by atoms with Crippen molar-refractivity contribution in [2.45, 2.75) is 444 Å². The second-order valence-electron chi connectivity index (χ2n) is 25.9. The molecule has 1 atom stereocenters. The highest BCUT2D eigenvalue weighted by Crippen LogP contribution is 2.20. The van der Waals surface area contributed by atoms with Gasteiger partial charge in [0.25, 0.3) is 0 Å². The molecule has 0 bridgehead atoms. The minimum absolute atomic E-state index is 0.0659. The first-order valence-corrected chi connectivity index (χ1v) is 37.7. The molecule has 486 valence electrons. The molecule has 0 radical (unpaired) electrons. The summed E-state index contributed by atoms with van der Waals surface area (Å²) in [6, 6.07) is 0. The van der Waals surface area contributed by atoms with Crippen LogP contribution in [0.5, 0.6) is 0 Å². The van der Waals surface area contributed by atoms with E-state index in [1.165, 1.54) is 327 Å². The topological polar surface area (TPSA) is 78.9 Å². The van der Waals surface area contributed by atoms with Gasteiger partial charge in [0.2, 0.25) is 0 Å². The van der Waals surface area contributed by atoms with Crippen LogP contribution in [0.1, 0.15) is 438 Å². The van der Waals surface area contributed by atoms with Crippen molar-refractivity contribution in [1.82, 2.24) is 0 Å². The fourth-order valence-corrected chi connectivity index (χ4v) is 11.9. The summed E-state index contributed by atoms with van der Waals surface area (Å²) in [6.07, 6.45) is 87.2. The van der Waals surface area contributed by atoms with Gasteiger partial charge in [-0.2, -0.15) is 0 Å². The molecular formula is C76H146O6. The lowest BCUT2D eigenvalue weighted by Gasteiger charge is -2.18. The average Bonchev–Trinajstić information content (AvgIpc) is 3.48. The summed E-state index contributed by atoms with van der Waals surface area (Å²) >= 11 is 0. The smallest absolute Gasteiger partial charge is 0.306 e. The Bertz CT molecular complexity index is 1280. The monoisotopic (exact) mass is 1160 g/mol. The molecule has 0 fully saturated rings. The van der Waals surface area contributed by atoms with Crippen LogP contribution in [-0.4, -0.2) is 37.2 Å². The van der Waals surface area contributed by atoms with Crippen molar-refractivity contribution < 1.29 is 28.6 Å². The number of ether oxygens (including phenoxy) is 3. The molecule has 82 heavy (non-hydrogen) atoms. The summed E-state index contributed by atoms with van der Waals surface area (Å²) in [5, 5.41) is 0. The fraction of sp³-hybridized carbons (Fsp3) is 0.934. The predicted octanol–water partition coefficient (Wildman–Crippen LogP) is 26.0. The number of hydrogen-bond donors (Lipinski definition) is 0. The Balaban J connectivity index is 4.06. The molecule has 0 amide bonds. The first kappa shape index (κ1) is 80.2. The van der Waals surface area contributed by atoms with E-state index in [0.717, 1.165) is 70.6 Å². The lowest BCUT2D eigenvalue weighted by molar-refractivity contribution is -0.167. The molecule has 6 heteroatoms. The van der Waals surface area contributed by atoms with Gasteiger partial charge in [-0.25, -0.2) is 0 Å². The van der Waals surface area contributed by atoms with E-state index >= 15 is 0 Å². The van der Waals surface area contributed by atoms with Gasteiger partial charge in [-0.15, -0.1) is 0 Å². The molecule has 0 spiro atoms. The van der Waals surface area contributed by atoms with Crippen LogP contribution in [0, 0.1) is 0 Å². The van der Waals surface area contributed by atoms with Crippen LogP contribution in [-0.2, 0) is 28.6 Å². The van der Waals surface area contributed by atoms with Crippen LogP contribution < -0.4 is 0 Å². The summed E-state index contributed by atoms with van der Waals surface area (Å²) in [5.74, 6) is -0.842. The fourth-order valence-electron chi connectivity index (χ4n) is 11.9. The third-order valence-corrected chi connectivity index (χ3v) is 17.5. The van der Waals surface area contributed by atoms with Crippen molar-refractivity contribution in [3.05, 3.63) is 12.2 Å². The summed E-state index contributed by atoms with van der Waals surface area (Å²) in [7, 11) is 0. The highest BCUT2D eigenvalue weighted by atomic mass is 16.6. The van der Waals surface area contributed by atoms with Crippen LogP contribution in [0.2, 0.25) is 0 Å². The van der Waals surface area contributed by atoms with E-state index in [1.807, 2.05) is 0 Å². The second-order valence-corrected chi connectivity index (χ2v) is 25.9. The van der Waals surface area contributed by atoms with Gasteiger partial charge in [0.05, 0.1) is 0 Å². The SMILES string of the molecule is CCC/C=C\CCCCCCCC(=O)OCC(COC(=O)CCCCCCCCCCCCCCCCCCCCCCCCCCCCCCCC)OC(=O)CCCCCCCCCCCCCCCCCCCCCCCCCC. The Morgan fingerprint density at radius 3 is 0.659 bits per heavy atom. The van der Waals surface area contributed by atoms with Gasteiger partial charge in [-0.3, -0.25) is 14.4 Å². The third-order valence-electron chi connectivity index (χ3n) is 17.5. The predicted molar refractivity (Wildman–Crippen MR) is 358 cm³/mol. The lowest BCUT2D eigenvalue weighted by Crippen LogP contribution is -2.30. The van der Waals surface area contributed by atoms with Crippen molar-refractivity contribution in [1.29, 1.82) is 0 Å².